The number of methoxy groups -OCH3 is 1. The van der Waals surface area contributed by atoms with Gasteiger partial charge in [0.05, 0.1) is 13.2 Å². The first-order valence-corrected chi connectivity index (χ1v) is 39.0. The van der Waals surface area contributed by atoms with Crippen LogP contribution in [0.5, 0.6) is 0 Å². The number of likely N-dealkylation sites (tertiary alicyclic amines) is 7. The molecule has 0 N–H and O–H groups in total. The van der Waals surface area contributed by atoms with Gasteiger partial charge in [0.15, 0.2) is 0 Å². The van der Waals surface area contributed by atoms with Crippen LogP contribution in [0.25, 0.3) is 0 Å². The van der Waals surface area contributed by atoms with E-state index in [9.17, 15) is 13.2 Å². The topological polar surface area (TPSA) is 41.1 Å². The summed E-state index contributed by atoms with van der Waals surface area (Å²) in [5.74, 6) is 8.03. The number of rotatable bonds is 21. The second-order valence-electron chi connectivity index (χ2n) is 34.7. The van der Waals surface area contributed by atoms with Gasteiger partial charge in [-0.25, -0.2) is 4.39 Å². The van der Waals surface area contributed by atoms with Crippen LogP contribution in [0.4, 0.5) is 13.2 Å². The van der Waals surface area contributed by atoms with Gasteiger partial charge < -0.3 is 9.47 Å². The molecule has 0 saturated carbocycles. The Morgan fingerprint density at radius 1 is 0.348 bits per heavy atom. The molecule has 552 valence electrons. The molecule has 0 aromatic heterocycles. The first-order valence-electron chi connectivity index (χ1n) is 39.0. The normalized spacial score (nSPS) is 30.6. The van der Waals surface area contributed by atoms with Crippen LogP contribution < -0.4 is 0 Å². The van der Waals surface area contributed by atoms with E-state index in [2.05, 4.69) is 261 Å². The van der Waals surface area contributed by atoms with Crippen molar-refractivity contribution in [2.24, 2.45) is 65.1 Å². The van der Waals surface area contributed by atoms with Crippen LogP contribution in [-0.2, 0) is 9.47 Å². The number of halogens is 3. The van der Waals surface area contributed by atoms with Crippen molar-refractivity contribution < 1.29 is 22.6 Å². The molecule has 12 heteroatoms. The standard InChI is InChI=1S/C12H23F2NO.C12H25NO.2C12H25N.2C11H23N.C10H20FN/c1-8(2)11-5-10(7-16-12(13)14)6-15(11)9(3)4;1-9(2)12-6-11(8-14-5)7-13(12)10(3)4;1-6-11-7-12(9(2)3)13(8-11)10(4)5;1-6-11-7-8-12(9(2)3)13(11)10(4)5;1-8(2)11-6-10(5)7-12(11)9(3)4;1-8(2)11-7-6-10(5)12(11)9(3)4;1-7(2)10-5-9(11)6-12(10)8(3)4/h8-12H,5-7H2,1-4H3;9-12H,6-8H2,1-5H3;2*9-12H,6-8H2,1-5H3;2*8-11H,6-7H2,1-5H3;7-10H,5-6H2,1-4H3/t10?,11-;3*11?,12-;2*10?,11-;9?,10-/m0000000/s1. The molecule has 0 amide bonds. The smallest absolute Gasteiger partial charge is 0.345 e. The summed E-state index contributed by atoms with van der Waals surface area (Å²) in [5.41, 5.74) is 0. The van der Waals surface area contributed by atoms with Gasteiger partial charge in [-0.3, -0.25) is 34.3 Å². The highest BCUT2D eigenvalue weighted by atomic mass is 19.3. The van der Waals surface area contributed by atoms with Crippen LogP contribution >= 0.6 is 0 Å². The van der Waals surface area contributed by atoms with E-state index in [4.69, 9.17) is 4.74 Å². The quantitative estimate of drug-likeness (QED) is 0.112. The summed E-state index contributed by atoms with van der Waals surface area (Å²) in [6.45, 7) is 77.2. The largest absolute Gasteiger partial charge is 0.384 e. The number of nitrogens with zero attached hydrogens (tertiary/aromatic N) is 7. The van der Waals surface area contributed by atoms with Gasteiger partial charge in [-0.15, -0.1) is 0 Å². The minimum absolute atomic E-state index is 0.185. The van der Waals surface area contributed by atoms with Crippen molar-refractivity contribution in [3.63, 3.8) is 0 Å². The third-order valence-corrected chi connectivity index (χ3v) is 22.5. The third-order valence-electron chi connectivity index (χ3n) is 22.5. The summed E-state index contributed by atoms with van der Waals surface area (Å²) >= 11 is 0. The van der Waals surface area contributed by atoms with E-state index >= 15 is 0 Å². The van der Waals surface area contributed by atoms with Gasteiger partial charge in [-0.1, -0.05) is 124 Å². The molecule has 7 unspecified atom stereocenters. The van der Waals surface area contributed by atoms with Gasteiger partial charge >= 0.3 is 6.61 Å². The zero-order valence-corrected chi connectivity index (χ0v) is 67.6. The van der Waals surface area contributed by atoms with Crippen LogP contribution in [0.3, 0.4) is 0 Å². The van der Waals surface area contributed by atoms with E-state index in [1.807, 2.05) is 7.11 Å². The lowest BCUT2D eigenvalue weighted by molar-refractivity contribution is -0.137. The Morgan fingerprint density at radius 3 is 0.978 bits per heavy atom. The van der Waals surface area contributed by atoms with Gasteiger partial charge in [0.2, 0.25) is 0 Å². The average molecular weight is 1310 g/mol. The highest BCUT2D eigenvalue weighted by molar-refractivity contribution is 4.94. The van der Waals surface area contributed by atoms with E-state index in [-0.39, 0.29) is 12.5 Å². The molecule has 0 aliphatic carbocycles. The van der Waals surface area contributed by atoms with Crippen molar-refractivity contribution >= 4 is 0 Å². The molecule has 7 heterocycles. The second kappa shape index (κ2) is 44.5. The fourth-order valence-corrected chi connectivity index (χ4v) is 17.6. The van der Waals surface area contributed by atoms with Crippen molar-refractivity contribution in [1.29, 1.82) is 0 Å². The number of hydrogen-bond acceptors (Lipinski definition) is 9. The first kappa shape index (κ1) is 89.4. The molecule has 0 radical (unpaired) electrons. The molecule has 9 nitrogen and oxygen atoms in total. The molecule has 0 bridgehead atoms. The molecular formula is C80H164F3N7O2. The maximum absolute atomic E-state index is 13.1. The van der Waals surface area contributed by atoms with Crippen LogP contribution in [-0.4, -0.2) is 197 Å². The molecule has 7 fully saturated rings. The number of alkyl halides is 3. The Hall–Kier alpha value is -0.570. The van der Waals surface area contributed by atoms with Crippen molar-refractivity contribution in [3.05, 3.63) is 0 Å². The van der Waals surface area contributed by atoms with Crippen molar-refractivity contribution in [2.45, 2.75) is 402 Å². The fraction of sp³-hybridized carbons (Fsp3) is 1.00. The van der Waals surface area contributed by atoms with Gasteiger partial charge in [-0.2, -0.15) is 8.78 Å². The highest BCUT2D eigenvalue weighted by Crippen LogP contribution is 2.36. The maximum atomic E-state index is 13.1. The van der Waals surface area contributed by atoms with E-state index < -0.39 is 12.8 Å². The van der Waals surface area contributed by atoms with E-state index in [1.165, 1.54) is 77.4 Å². The predicted octanol–water partition coefficient (Wildman–Crippen LogP) is 19.9. The minimum atomic E-state index is -2.63. The van der Waals surface area contributed by atoms with Gasteiger partial charge in [0.25, 0.3) is 0 Å². The van der Waals surface area contributed by atoms with Crippen LogP contribution in [0.2, 0.25) is 0 Å². The summed E-state index contributed by atoms with van der Waals surface area (Å²) in [6, 6.07) is 11.2. The Balaban J connectivity index is 0.000000538. The zero-order valence-electron chi connectivity index (χ0n) is 67.6. The Kier molecular flexibility index (Phi) is 43.3. The lowest BCUT2D eigenvalue weighted by Gasteiger charge is -2.35. The summed E-state index contributed by atoms with van der Waals surface area (Å²) in [6.07, 6.45) is 13.5. The minimum Gasteiger partial charge on any atom is -0.384 e. The molecule has 0 spiro atoms. The molecule has 0 aromatic rings. The third kappa shape index (κ3) is 29.7. The second-order valence-corrected chi connectivity index (χ2v) is 34.7. The van der Waals surface area contributed by atoms with Crippen molar-refractivity contribution in [1.82, 2.24) is 34.3 Å². The molecule has 0 aromatic carbocycles. The SMILES string of the molecule is CC(C)[C@@H]1CC(COC(F)F)CN1C(C)C.CC(C)[C@@H]1CC(F)CN1C(C)C.CC(C)[C@@H]1CCC(C)N1C(C)C.CC1C[C@@H](C(C)C)N(C(C)C)C1.CCC1CC[C@@H](C(C)C)N1C(C)C.CCC1C[C@@H](C(C)C)N(C(C)C)C1.COCC1C[C@@H](C(C)C)N(C(C)C)C1. The molecule has 92 heavy (non-hydrogen) atoms. The summed E-state index contributed by atoms with van der Waals surface area (Å²) in [7, 11) is 1.81. The molecular weight excluding hydrogens is 1150 g/mol. The lowest BCUT2D eigenvalue weighted by atomic mass is 9.96. The van der Waals surface area contributed by atoms with E-state index in [0.29, 0.717) is 48.6 Å². The predicted molar refractivity (Wildman–Crippen MR) is 397 cm³/mol. The maximum Gasteiger partial charge on any atom is 0.345 e. The van der Waals surface area contributed by atoms with Crippen molar-refractivity contribution in [2.75, 3.05) is 53.0 Å². The van der Waals surface area contributed by atoms with Crippen LogP contribution in [0, 0.1) is 65.1 Å². The van der Waals surface area contributed by atoms with Crippen LogP contribution in [0.15, 0.2) is 0 Å². The molecule has 7 aliphatic rings. The lowest BCUT2D eigenvalue weighted by Crippen LogP contribution is -2.43. The van der Waals surface area contributed by atoms with Crippen molar-refractivity contribution in [3.8, 4) is 0 Å². The van der Waals surface area contributed by atoms with Gasteiger partial charge in [-0.05, 0) is 233 Å². The number of ether oxygens (including phenoxy) is 2. The van der Waals surface area contributed by atoms with Gasteiger partial charge in [0, 0.05) is 137 Å². The molecule has 7 saturated heterocycles. The zero-order chi connectivity index (χ0) is 70.9. The van der Waals surface area contributed by atoms with E-state index in [0.717, 1.165) is 140 Å². The number of hydrogen-bond donors (Lipinski definition) is 0. The average Bonchev–Trinajstić information content (AvgIpc) is 1.91. The monoisotopic (exact) mass is 1310 g/mol. The summed E-state index contributed by atoms with van der Waals surface area (Å²) in [4.78, 5) is 18.1. The van der Waals surface area contributed by atoms with E-state index in [1.54, 1.807) is 0 Å². The summed E-state index contributed by atoms with van der Waals surface area (Å²) in [5, 5.41) is 0. The molecule has 7 aliphatic heterocycles. The Morgan fingerprint density at radius 2 is 0.674 bits per heavy atom. The van der Waals surface area contributed by atoms with Gasteiger partial charge in [0.1, 0.15) is 6.17 Å². The Labute approximate surface area is 574 Å². The van der Waals surface area contributed by atoms with Crippen LogP contribution in [0.1, 0.15) is 292 Å². The first-order chi connectivity index (χ1) is 42.7. The highest BCUT2D eigenvalue weighted by Gasteiger charge is 2.40. The molecule has 7 rings (SSSR count). The molecule has 14 atom stereocenters. The summed E-state index contributed by atoms with van der Waals surface area (Å²) < 4.78 is 46.7. The Bertz CT molecular complexity index is 1700. The fourth-order valence-electron chi connectivity index (χ4n) is 17.6.